The van der Waals surface area contributed by atoms with Crippen molar-refractivity contribution in [2.45, 2.75) is 128 Å². The maximum absolute atomic E-state index is 13.3. The summed E-state index contributed by atoms with van der Waals surface area (Å²) in [6.07, 6.45) is 4.46. The van der Waals surface area contributed by atoms with E-state index in [0.717, 1.165) is 32.1 Å². The van der Waals surface area contributed by atoms with Crippen molar-refractivity contribution >= 4 is 11.9 Å². The number of carbonyl (C=O) groups excluding carboxylic acids is 2. The van der Waals surface area contributed by atoms with Gasteiger partial charge in [0, 0.05) is 24.7 Å². The van der Waals surface area contributed by atoms with Crippen LogP contribution < -0.4 is 0 Å². The van der Waals surface area contributed by atoms with Crippen molar-refractivity contribution in [3.05, 3.63) is 12.2 Å². The van der Waals surface area contributed by atoms with Crippen LogP contribution in [0.25, 0.3) is 0 Å². The van der Waals surface area contributed by atoms with Gasteiger partial charge in [0.1, 0.15) is 12.2 Å². The average Bonchev–Trinajstić information content (AvgIpc) is 3.16. The lowest BCUT2D eigenvalue weighted by Crippen LogP contribution is -2.58. The molecule has 7 heteroatoms. The summed E-state index contributed by atoms with van der Waals surface area (Å²) >= 11 is 0. The summed E-state index contributed by atoms with van der Waals surface area (Å²) in [6.45, 7) is 11.8. The van der Waals surface area contributed by atoms with Crippen molar-refractivity contribution in [3.63, 3.8) is 0 Å². The van der Waals surface area contributed by atoms with Crippen molar-refractivity contribution in [1.82, 2.24) is 0 Å². The predicted octanol–water partition coefficient (Wildman–Crippen LogP) is 4.08. The second kappa shape index (κ2) is 10.1. The molecular formula is C28H44O7. The van der Waals surface area contributed by atoms with Crippen molar-refractivity contribution in [1.29, 1.82) is 0 Å². The van der Waals surface area contributed by atoms with Crippen LogP contribution in [-0.4, -0.2) is 57.8 Å². The zero-order valence-corrected chi connectivity index (χ0v) is 21.8. The van der Waals surface area contributed by atoms with Crippen molar-refractivity contribution < 1.29 is 34.0 Å². The molecule has 4 fully saturated rings. The molecule has 4 aliphatic rings. The lowest BCUT2D eigenvalue weighted by Gasteiger charge is -2.47. The Balaban J connectivity index is 1.67. The van der Waals surface area contributed by atoms with Gasteiger partial charge in [0.25, 0.3) is 0 Å². The lowest BCUT2D eigenvalue weighted by molar-refractivity contribution is -0.209. The summed E-state index contributed by atoms with van der Waals surface area (Å²) in [5.41, 5.74) is -1.64. The van der Waals surface area contributed by atoms with E-state index >= 15 is 0 Å². The highest BCUT2D eigenvalue weighted by molar-refractivity contribution is 5.74. The van der Waals surface area contributed by atoms with Crippen molar-refractivity contribution in [3.8, 4) is 0 Å². The third-order valence-electron chi connectivity index (χ3n) is 9.35. The second-order valence-corrected chi connectivity index (χ2v) is 11.9. The molecule has 10 atom stereocenters. The van der Waals surface area contributed by atoms with Crippen LogP contribution in [-0.2, 0) is 23.8 Å². The van der Waals surface area contributed by atoms with Crippen LogP contribution in [0.3, 0.4) is 0 Å². The molecule has 4 rings (SSSR count). The number of fused-ring (bicyclic) bond motifs is 2. The van der Waals surface area contributed by atoms with Gasteiger partial charge < -0.3 is 24.4 Å². The molecule has 198 valence electrons. The Morgan fingerprint density at radius 2 is 1.94 bits per heavy atom. The maximum atomic E-state index is 13.3. The van der Waals surface area contributed by atoms with Gasteiger partial charge >= 0.3 is 11.9 Å². The zero-order chi connectivity index (χ0) is 25.5. The molecule has 3 aliphatic heterocycles. The number of ether oxygens (including phenoxy) is 3. The third kappa shape index (κ3) is 4.93. The Labute approximate surface area is 209 Å². The number of esters is 2. The van der Waals surface area contributed by atoms with Gasteiger partial charge in [0.05, 0.1) is 23.7 Å². The number of aliphatic hydroxyl groups excluding tert-OH is 1. The highest BCUT2D eigenvalue weighted by atomic mass is 16.6. The number of rotatable bonds is 7. The summed E-state index contributed by atoms with van der Waals surface area (Å²) in [4.78, 5) is 26.2. The highest BCUT2D eigenvalue weighted by Crippen LogP contribution is 2.59. The van der Waals surface area contributed by atoms with Gasteiger partial charge in [-0.2, -0.15) is 0 Å². The molecule has 0 radical (unpaired) electrons. The molecule has 0 spiro atoms. The molecule has 7 nitrogen and oxygen atoms in total. The average molecular weight is 493 g/mol. The fourth-order valence-corrected chi connectivity index (χ4v) is 7.24. The van der Waals surface area contributed by atoms with Gasteiger partial charge in [-0.1, -0.05) is 46.1 Å². The Morgan fingerprint density at radius 1 is 1.23 bits per heavy atom. The first kappa shape index (κ1) is 26.6. The van der Waals surface area contributed by atoms with E-state index in [9.17, 15) is 19.8 Å². The molecule has 10 unspecified atom stereocenters. The summed E-state index contributed by atoms with van der Waals surface area (Å²) in [5, 5.41) is 22.4. The minimum atomic E-state index is -1.27. The van der Waals surface area contributed by atoms with Crippen LogP contribution >= 0.6 is 0 Å². The predicted molar refractivity (Wildman–Crippen MR) is 130 cm³/mol. The Kier molecular flexibility index (Phi) is 7.71. The monoisotopic (exact) mass is 492 g/mol. The quantitative estimate of drug-likeness (QED) is 0.314. The number of hydrogen-bond donors (Lipinski definition) is 2. The SMILES string of the molecule is C=C1CC2OC3C4C(CCC(C)(O)C24)C(C)C(=O)OC3(C)C(OC(=O)CCCCCCC)CC1O. The summed E-state index contributed by atoms with van der Waals surface area (Å²) in [6, 6.07) is 0. The molecule has 2 bridgehead atoms. The fraction of sp³-hybridized carbons (Fsp3) is 0.857. The fourth-order valence-electron chi connectivity index (χ4n) is 7.24. The van der Waals surface area contributed by atoms with E-state index in [1.165, 1.54) is 0 Å². The normalized spacial score (nSPS) is 45.1. The topological polar surface area (TPSA) is 102 Å². The highest BCUT2D eigenvalue weighted by Gasteiger charge is 2.67. The van der Waals surface area contributed by atoms with E-state index in [1.807, 2.05) is 13.8 Å². The number of unbranched alkanes of at least 4 members (excludes halogenated alkanes) is 4. The van der Waals surface area contributed by atoms with Gasteiger partial charge in [-0.05, 0) is 51.0 Å². The molecule has 0 amide bonds. The minimum absolute atomic E-state index is 0.0112. The summed E-state index contributed by atoms with van der Waals surface area (Å²) < 4.78 is 18.8. The molecule has 3 saturated heterocycles. The molecule has 3 heterocycles. The first-order chi connectivity index (χ1) is 16.5. The van der Waals surface area contributed by atoms with Gasteiger partial charge in [-0.3, -0.25) is 9.59 Å². The van der Waals surface area contributed by atoms with E-state index in [4.69, 9.17) is 14.2 Å². The summed E-state index contributed by atoms with van der Waals surface area (Å²) in [5.74, 6) is -1.36. The Morgan fingerprint density at radius 3 is 2.66 bits per heavy atom. The van der Waals surface area contributed by atoms with Crippen molar-refractivity contribution in [2.75, 3.05) is 0 Å². The molecule has 35 heavy (non-hydrogen) atoms. The Bertz CT molecular complexity index is 822. The van der Waals surface area contributed by atoms with E-state index in [1.54, 1.807) is 6.92 Å². The van der Waals surface area contributed by atoms with Crippen LogP contribution in [0.15, 0.2) is 12.2 Å². The molecule has 1 saturated carbocycles. The molecule has 0 aromatic carbocycles. The van der Waals surface area contributed by atoms with Crippen molar-refractivity contribution in [2.24, 2.45) is 23.7 Å². The van der Waals surface area contributed by atoms with Crippen LogP contribution in [0.1, 0.15) is 91.9 Å². The maximum Gasteiger partial charge on any atom is 0.309 e. The number of hydrogen-bond acceptors (Lipinski definition) is 7. The van der Waals surface area contributed by atoms with Gasteiger partial charge in [0.2, 0.25) is 0 Å². The Hall–Kier alpha value is -1.44. The zero-order valence-electron chi connectivity index (χ0n) is 21.8. The smallest absolute Gasteiger partial charge is 0.309 e. The number of carbonyl (C=O) groups is 2. The number of aliphatic hydroxyl groups is 2. The summed E-state index contributed by atoms with van der Waals surface area (Å²) in [7, 11) is 0. The third-order valence-corrected chi connectivity index (χ3v) is 9.35. The largest absolute Gasteiger partial charge is 0.458 e. The van der Waals surface area contributed by atoms with Gasteiger partial charge in [0.15, 0.2) is 5.60 Å². The van der Waals surface area contributed by atoms with E-state index in [2.05, 4.69) is 13.5 Å². The first-order valence-electron chi connectivity index (χ1n) is 13.7. The van der Waals surface area contributed by atoms with Crippen LogP contribution in [0, 0.1) is 23.7 Å². The van der Waals surface area contributed by atoms with Crippen LogP contribution in [0.4, 0.5) is 0 Å². The first-order valence-corrected chi connectivity index (χ1v) is 13.7. The molecule has 1 aliphatic carbocycles. The van der Waals surface area contributed by atoms with E-state index < -0.39 is 29.5 Å². The molecular weight excluding hydrogens is 448 g/mol. The van der Waals surface area contributed by atoms with Gasteiger partial charge in [-0.15, -0.1) is 0 Å². The van der Waals surface area contributed by atoms with Gasteiger partial charge in [-0.25, -0.2) is 0 Å². The second-order valence-electron chi connectivity index (χ2n) is 11.9. The molecule has 2 N–H and O–H groups in total. The molecule has 0 aromatic heterocycles. The van der Waals surface area contributed by atoms with E-state index in [-0.39, 0.29) is 54.6 Å². The molecule has 0 aromatic rings. The standard InChI is InChI=1S/C28H44O7/c1-6-7-8-9-10-11-22(30)34-21-15-19(29)16(2)14-20-24-23-18(12-13-27(24,4)32)17(3)26(31)35-28(21,5)25(23)33-20/h17-21,23-25,29,32H,2,6-15H2,1,3-5H3. The van der Waals surface area contributed by atoms with Crippen LogP contribution in [0.5, 0.6) is 0 Å². The lowest BCUT2D eigenvalue weighted by atomic mass is 9.58. The van der Waals surface area contributed by atoms with Crippen LogP contribution in [0.2, 0.25) is 0 Å². The van der Waals surface area contributed by atoms with E-state index in [0.29, 0.717) is 24.8 Å². The minimum Gasteiger partial charge on any atom is -0.458 e.